The fourth-order valence-corrected chi connectivity index (χ4v) is 5.07. The molecule has 2 heterocycles. The molecule has 1 N–H and O–H groups in total. The molecule has 2 amide bonds. The molecule has 0 saturated carbocycles. The highest BCUT2D eigenvalue weighted by atomic mass is 32.2. The van der Waals surface area contributed by atoms with Crippen molar-refractivity contribution in [2.75, 3.05) is 19.7 Å². The van der Waals surface area contributed by atoms with Crippen molar-refractivity contribution in [1.29, 1.82) is 0 Å². The molecule has 1 saturated heterocycles. The molecule has 0 atom stereocenters. The SMILES string of the molecule is CC1CCN(S(=O)(=O)c2ccc(C(=O)OCC(=O)NC(=O)c3cccs3)cc2)CC1. The van der Waals surface area contributed by atoms with Crippen molar-refractivity contribution in [3.63, 3.8) is 0 Å². The van der Waals surface area contributed by atoms with Crippen LogP contribution in [0.3, 0.4) is 0 Å². The molecule has 1 aromatic carbocycles. The first-order valence-electron chi connectivity index (χ1n) is 9.42. The Morgan fingerprint density at radius 2 is 1.80 bits per heavy atom. The van der Waals surface area contributed by atoms with Gasteiger partial charge >= 0.3 is 5.97 Å². The number of sulfonamides is 1. The second-order valence-electron chi connectivity index (χ2n) is 7.04. The third kappa shape index (κ3) is 5.32. The lowest BCUT2D eigenvalue weighted by molar-refractivity contribution is -0.123. The van der Waals surface area contributed by atoms with Crippen LogP contribution in [0, 0.1) is 5.92 Å². The van der Waals surface area contributed by atoms with Crippen LogP contribution in [0.5, 0.6) is 0 Å². The summed E-state index contributed by atoms with van der Waals surface area (Å²) < 4.78 is 31.8. The monoisotopic (exact) mass is 450 g/mol. The van der Waals surface area contributed by atoms with Gasteiger partial charge < -0.3 is 4.74 Å². The Labute approximate surface area is 178 Å². The summed E-state index contributed by atoms with van der Waals surface area (Å²) in [5, 5.41) is 3.83. The molecule has 0 spiro atoms. The van der Waals surface area contributed by atoms with Gasteiger partial charge in [-0.05, 0) is 54.5 Å². The fourth-order valence-electron chi connectivity index (χ4n) is 2.98. The summed E-state index contributed by atoms with van der Waals surface area (Å²) in [6, 6.07) is 8.64. The number of thiophene rings is 1. The van der Waals surface area contributed by atoms with Crippen molar-refractivity contribution in [2.45, 2.75) is 24.7 Å². The maximum absolute atomic E-state index is 12.7. The van der Waals surface area contributed by atoms with Gasteiger partial charge in [-0.2, -0.15) is 4.31 Å². The Morgan fingerprint density at radius 3 is 2.40 bits per heavy atom. The number of nitrogens with one attached hydrogen (secondary N) is 1. The summed E-state index contributed by atoms with van der Waals surface area (Å²) in [5.41, 5.74) is 0.110. The lowest BCUT2D eigenvalue weighted by Gasteiger charge is -2.29. The average molecular weight is 451 g/mol. The molecule has 1 fully saturated rings. The number of rotatable bonds is 6. The second kappa shape index (κ2) is 9.50. The van der Waals surface area contributed by atoms with Crippen molar-refractivity contribution in [2.24, 2.45) is 5.92 Å². The first-order valence-corrected chi connectivity index (χ1v) is 11.7. The van der Waals surface area contributed by atoms with Crippen LogP contribution in [-0.4, -0.2) is 50.2 Å². The molecule has 0 aliphatic carbocycles. The van der Waals surface area contributed by atoms with Crippen molar-refractivity contribution < 1.29 is 27.5 Å². The number of esters is 1. The molecule has 30 heavy (non-hydrogen) atoms. The minimum atomic E-state index is -3.61. The highest BCUT2D eigenvalue weighted by molar-refractivity contribution is 7.89. The van der Waals surface area contributed by atoms with E-state index in [0.29, 0.717) is 23.9 Å². The van der Waals surface area contributed by atoms with Crippen LogP contribution >= 0.6 is 11.3 Å². The zero-order valence-electron chi connectivity index (χ0n) is 16.4. The molecule has 1 aliphatic heterocycles. The van der Waals surface area contributed by atoms with Gasteiger partial charge in [-0.15, -0.1) is 11.3 Å². The first kappa shape index (κ1) is 22.1. The standard InChI is InChI=1S/C20H22N2O6S2/c1-14-8-10-22(11-9-14)30(26,27)16-6-4-15(5-7-16)20(25)28-13-18(23)21-19(24)17-3-2-12-29-17/h2-7,12,14H,8-11,13H2,1H3,(H,21,23,24). The van der Waals surface area contributed by atoms with E-state index < -0.39 is 34.4 Å². The number of carbonyl (C=O) groups excluding carboxylic acids is 3. The van der Waals surface area contributed by atoms with Gasteiger partial charge in [0.15, 0.2) is 6.61 Å². The van der Waals surface area contributed by atoms with Gasteiger partial charge in [-0.1, -0.05) is 13.0 Å². The number of nitrogens with zero attached hydrogens (tertiary/aromatic N) is 1. The Morgan fingerprint density at radius 1 is 1.13 bits per heavy atom. The smallest absolute Gasteiger partial charge is 0.338 e. The minimum absolute atomic E-state index is 0.105. The lowest BCUT2D eigenvalue weighted by atomic mass is 10.0. The number of hydrogen-bond acceptors (Lipinski definition) is 7. The third-order valence-corrected chi connectivity index (χ3v) is 7.58. The Balaban J connectivity index is 1.54. The summed E-state index contributed by atoms with van der Waals surface area (Å²) >= 11 is 1.18. The summed E-state index contributed by atoms with van der Waals surface area (Å²) in [6.07, 6.45) is 1.64. The summed E-state index contributed by atoms with van der Waals surface area (Å²) in [5.74, 6) is -1.59. The van der Waals surface area contributed by atoms with Gasteiger partial charge in [-0.3, -0.25) is 14.9 Å². The van der Waals surface area contributed by atoms with E-state index in [1.165, 1.54) is 39.9 Å². The van der Waals surface area contributed by atoms with Crippen molar-refractivity contribution in [3.05, 3.63) is 52.2 Å². The van der Waals surface area contributed by atoms with Crippen LogP contribution in [0.1, 0.15) is 39.8 Å². The van der Waals surface area contributed by atoms with Crippen molar-refractivity contribution in [3.8, 4) is 0 Å². The Hall–Kier alpha value is -2.56. The molecule has 10 heteroatoms. The molecule has 0 bridgehead atoms. The topological polar surface area (TPSA) is 110 Å². The van der Waals surface area contributed by atoms with E-state index in [4.69, 9.17) is 4.74 Å². The van der Waals surface area contributed by atoms with Gasteiger partial charge in [-0.25, -0.2) is 13.2 Å². The Kier molecular flexibility index (Phi) is 7.01. The third-order valence-electron chi connectivity index (χ3n) is 4.80. The maximum Gasteiger partial charge on any atom is 0.338 e. The maximum atomic E-state index is 12.7. The van der Waals surface area contributed by atoms with Crippen LogP contribution < -0.4 is 5.32 Å². The average Bonchev–Trinajstić information content (AvgIpc) is 3.27. The summed E-state index contributed by atoms with van der Waals surface area (Å²) in [4.78, 5) is 36.2. The van der Waals surface area contributed by atoms with Gasteiger partial charge in [0.05, 0.1) is 15.3 Å². The molecule has 2 aromatic rings. The lowest BCUT2D eigenvalue weighted by Crippen LogP contribution is -2.37. The van der Waals surface area contributed by atoms with Gasteiger partial charge in [0.2, 0.25) is 10.0 Å². The van der Waals surface area contributed by atoms with Crippen LogP contribution in [0.2, 0.25) is 0 Å². The molecular formula is C20H22N2O6S2. The molecule has 160 valence electrons. The molecule has 1 aromatic heterocycles. The predicted molar refractivity (Wildman–Crippen MR) is 111 cm³/mol. The van der Waals surface area contributed by atoms with Crippen LogP contribution in [0.4, 0.5) is 0 Å². The number of ether oxygens (including phenoxy) is 1. The fraction of sp³-hybridized carbons (Fsp3) is 0.350. The number of imide groups is 1. The summed E-state index contributed by atoms with van der Waals surface area (Å²) in [7, 11) is -3.61. The highest BCUT2D eigenvalue weighted by Gasteiger charge is 2.28. The zero-order chi connectivity index (χ0) is 21.7. The van der Waals surface area contributed by atoms with E-state index in [0.717, 1.165) is 12.8 Å². The number of amides is 2. The zero-order valence-corrected chi connectivity index (χ0v) is 18.0. The van der Waals surface area contributed by atoms with E-state index in [-0.39, 0.29) is 10.5 Å². The molecule has 8 nitrogen and oxygen atoms in total. The van der Waals surface area contributed by atoms with Crippen molar-refractivity contribution >= 4 is 39.1 Å². The number of carbonyl (C=O) groups is 3. The van der Waals surface area contributed by atoms with E-state index >= 15 is 0 Å². The van der Waals surface area contributed by atoms with E-state index in [1.54, 1.807) is 17.5 Å². The summed E-state index contributed by atoms with van der Waals surface area (Å²) in [6.45, 7) is 2.43. The molecule has 0 unspecified atom stereocenters. The van der Waals surface area contributed by atoms with E-state index in [2.05, 4.69) is 12.2 Å². The van der Waals surface area contributed by atoms with Crippen molar-refractivity contribution in [1.82, 2.24) is 9.62 Å². The van der Waals surface area contributed by atoms with Gasteiger partial charge in [0.25, 0.3) is 11.8 Å². The second-order valence-corrected chi connectivity index (χ2v) is 9.93. The molecular weight excluding hydrogens is 428 g/mol. The van der Waals surface area contributed by atoms with Crippen LogP contribution in [0.25, 0.3) is 0 Å². The largest absolute Gasteiger partial charge is 0.452 e. The normalized spacial score (nSPS) is 15.5. The molecule has 1 aliphatic rings. The number of piperidine rings is 1. The first-order chi connectivity index (χ1) is 14.3. The van der Waals surface area contributed by atoms with Crippen LogP contribution in [-0.2, 0) is 19.6 Å². The quantitative estimate of drug-likeness (QED) is 0.676. The van der Waals surface area contributed by atoms with Gasteiger partial charge in [0, 0.05) is 13.1 Å². The van der Waals surface area contributed by atoms with E-state index in [1.807, 2.05) is 0 Å². The molecule has 0 radical (unpaired) electrons. The number of hydrogen-bond donors (Lipinski definition) is 1. The Bertz CT molecular complexity index is 1010. The highest BCUT2D eigenvalue weighted by Crippen LogP contribution is 2.23. The van der Waals surface area contributed by atoms with Gasteiger partial charge in [0.1, 0.15) is 0 Å². The minimum Gasteiger partial charge on any atom is -0.452 e. The van der Waals surface area contributed by atoms with Crippen LogP contribution in [0.15, 0.2) is 46.7 Å². The van der Waals surface area contributed by atoms with E-state index in [9.17, 15) is 22.8 Å². The molecule has 3 rings (SSSR count). The predicted octanol–water partition coefficient (Wildman–Crippen LogP) is 2.28. The number of benzene rings is 1.